The zero-order valence-electron chi connectivity index (χ0n) is 16.6. The lowest BCUT2D eigenvalue weighted by atomic mass is 9.65. The highest BCUT2D eigenvalue weighted by Crippen LogP contribution is 2.53. The van der Waals surface area contributed by atoms with E-state index in [9.17, 15) is 9.90 Å². The fourth-order valence-electron chi connectivity index (χ4n) is 3.57. The molecule has 0 aromatic heterocycles. The monoisotopic (exact) mass is 350 g/mol. The summed E-state index contributed by atoms with van der Waals surface area (Å²) in [7, 11) is -1.73. The van der Waals surface area contributed by atoms with Crippen molar-refractivity contribution in [2.45, 2.75) is 72.5 Å². The number of allylic oxidation sites excluding steroid dienone is 2. The van der Waals surface area contributed by atoms with E-state index in [0.29, 0.717) is 24.0 Å². The molecule has 0 radical (unpaired) electrons. The quantitative estimate of drug-likeness (QED) is 0.419. The minimum atomic E-state index is -1.73. The minimum Gasteiger partial charge on any atom is -0.478 e. The van der Waals surface area contributed by atoms with Crippen molar-refractivity contribution >= 4 is 14.3 Å². The van der Waals surface area contributed by atoms with Gasteiger partial charge in [0.2, 0.25) is 0 Å². The van der Waals surface area contributed by atoms with Crippen LogP contribution in [0.5, 0.6) is 0 Å². The van der Waals surface area contributed by atoms with E-state index >= 15 is 0 Å². The molecule has 4 heteroatoms. The van der Waals surface area contributed by atoms with Gasteiger partial charge in [0.15, 0.2) is 8.32 Å². The standard InChI is InChI=1S/C20H34O3Si/c1-19(2,3)17(18(21)22)16-11-14-9-13(10-15(14)16)12-23-24(7,8)20(4,5)6/h10,14-15H,9,11-12H2,1-8H3,(H,21,22)/b17-16-/t14-,15-/m0/s1. The molecule has 2 aliphatic rings. The van der Waals surface area contributed by atoms with Gasteiger partial charge in [-0.1, -0.05) is 53.2 Å². The van der Waals surface area contributed by atoms with E-state index in [4.69, 9.17) is 4.43 Å². The van der Waals surface area contributed by atoms with Crippen LogP contribution in [0.4, 0.5) is 0 Å². The molecule has 0 aliphatic heterocycles. The summed E-state index contributed by atoms with van der Waals surface area (Å²) in [6.07, 6.45) is 4.30. The van der Waals surface area contributed by atoms with Gasteiger partial charge in [-0.05, 0) is 47.9 Å². The molecule has 0 spiro atoms. The van der Waals surface area contributed by atoms with Crippen molar-refractivity contribution in [3.05, 3.63) is 22.8 Å². The fraction of sp³-hybridized carbons (Fsp3) is 0.750. The highest BCUT2D eigenvalue weighted by atomic mass is 28.4. The van der Waals surface area contributed by atoms with E-state index in [2.05, 4.69) is 39.9 Å². The molecular weight excluding hydrogens is 316 g/mol. The molecule has 2 aliphatic carbocycles. The van der Waals surface area contributed by atoms with Crippen molar-refractivity contribution in [1.29, 1.82) is 0 Å². The third-order valence-electron chi connectivity index (χ3n) is 6.04. The van der Waals surface area contributed by atoms with E-state index in [0.717, 1.165) is 18.4 Å². The Morgan fingerprint density at radius 2 is 1.79 bits per heavy atom. The van der Waals surface area contributed by atoms with Crippen LogP contribution in [0.3, 0.4) is 0 Å². The smallest absolute Gasteiger partial charge is 0.332 e. The second kappa shape index (κ2) is 6.13. The summed E-state index contributed by atoms with van der Waals surface area (Å²) < 4.78 is 6.35. The number of rotatable bonds is 4. The Hall–Kier alpha value is -0.873. The first-order chi connectivity index (χ1) is 10.7. The van der Waals surface area contributed by atoms with Gasteiger partial charge in [0.1, 0.15) is 0 Å². The lowest BCUT2D eigenvalue weighted by Crippen LogP contribution is -2.41. The Bertz CT molecular complexity index is 585. The van der Waals surface area contributed by atoms with Gasteiger partial charge in [-0.2, -0.15) is 0 Å². The average Bonchev–Trinajstić information content (AvgIpc) is 2.67. The molecule has 0 saturated heterocycles. The van der Waals surface area contributed by atoms with E-state index in [1.54, 1.807) is 0 Å². The minimum absolute atomic E-state index is 0.221. The molecule has 0 amide bonds. The predicted molar refractivity (Wildman–Crippen MR) is 102 cm³/mol. The van der Waals surface area contributed by atoms with Crippen LogP contribution in [0.1, 0.15) is 54.4 Å². The number of carboxylic acid groups (broad SMARTS) is 1. The summed E-state index contributed by atoms with van der Waals surface area (Å²) in [4.78, 5) is 11.7. The summed E-state index contributed by atoms with van der Waals surface area (Å²) in [6, 6.07) is 0. The van der Waals surface area contributed by atoms with Gasteiger partial charge in [-0.15, -0.1) is 0 Å². The largest absolute Gasteiger partial charge is 0.478 e. The fourth-order valence-corrected chi connectivity index (χ4v) is 4.55. The molecule has 2 atom stereocenters. The number of carboxylic acids is 1. The van der Waals surface area contributed by atoms with Crippen molar-refractivity contribution in [3.8, 4) is 0 Å². The van der Waals surface area contributed by atoms with Gasteiger partial charge < -0.3 is 9.53 Å². The van der Waals surface area contributed by atoms with Crippen molar-refractivity contribution < 1.29 is 14.3 Å². The Kier molecular flexibility index (Phi) is 4.97. The van der Waals surface area contributed by atoms with Crippen molar-refractivity contribution in [1.82, 2.24) is 0 Å². The van der Waals surface area contributed by atoms with Crippen LogP contribution < -0.4 is 0 Å². The summed E-state index contributed by atoms with van der Waals surface area (Å²) in [5.41, 5.74) is 2.82. The Labute approximate surface area is 148 Å². The van der Waals surface area contributed by atoms with E-state index < -0.39 is 14.3 Å². The summed E-state index contributed by atoms with van der Waals surface area (Å²) in [6.45, 7) is 18.0. The molecule has 0 bridgehead atoms. The van der Waals surface area contributed by atoms with Crippen LogP contribution in [0, 0.1) is 17.3 Å². The molecule has 24 heavy (non-hydrogen) atoms. The molecule has 0 aromatic carbocycles. The van der Waals surface area contributed by atoms with Crippen LogP contribution >= 0.6 is 0 Å². The Morgan fingerprint density at radius 3 is 2.25 bits per heavy atom. The maximum Gasteiger partial charge on any atom is 0.332 e. The molecule has 0 unspecified atom stereocenters. The van der Waals surface area contributed by atoms with Crippen LogP contribution in [-0.2, 0) is 9.22 Å². The average molecular weight is 351 g/mol. The van der Waals surface area contributed by atoms with Crippen molar-refractivity contribution in [3.63, 3.8) is 0 Å². The normalized spacial score (nSPS) is 26.6. The lowest BCUT2D eigenvalue weighted by molar-refractivity contribution is -0.133. The maximum absolute atomic E-state index is 11.7. The molecule has 136 valence electrons. The number of fused-ring (bicyclic) bond motifs is 1. The van der Waals surface area contributed by atoms with Gasteiger partial charge in [-0.3, -0.25) is 0 Å². The van der Waals surface area contributed by atoms with Gasteiger partial charge >= 0.3 is 5.97 Å². The second-order valence-corrected chi connectivity index (χ2v) is 14.8. The number of hydrogen-bond donors (Lipinski definition) is 1. The van der Waals surface area contributed by atoms with E-state index in [1.165, 1.54) is 5.57 Å². The number of hydrogen-bond acceptors (Lipinski definition) is 2. The molecule has 1 N–H and O–H groups in total. The summed E-state index contributed by atoms with van der Waals surface area (Å²) in [5, 5.41) is 9.85. The molecular formula is C20H34O3Si. The molecule has 1 fully saturated rings. The Morgan fingerprint density at radius 1 is 1.21 bits per heavy atom. The number of carbonyl (C=O) groups is 1. The predicted octanol–water partition coefficient (Wildman–Crippen LogP) is 5.40. The summed E-state index contributed by atoms with van der Waals surface area (Å²) >= 11 is 0. The third kappa shape index (κ3) is 3.69. The van der Waals surface area contributed by atoms with E-state index in [-0.39, 0.29) is 10.5 Å². The van der Waals surface area contributed by atoms with E-state index in [1.807, 2.05) is 20.8 Å². The van der Waals surface area contributed by atoms with Gasteiger partial charge in [0.05, 0.1) is 6.61 Å². The zero-order chi connectivity index (χ0) is 18.5. The maximum atomic E-state index is 11.7. The first kappa shape index (κ1) is 19.5. The second-order valence-electron chi connectivity index (χ2n) is 10.0. The lowest BCUT2D eigenvalue weighted by Gasteiger charge is -2.38. The molecule has 0 heterocycles. The first-order valence-corrected chi connectivity index (χ1v) is 11.9. The van der Waals surface area contributed by atoms with Gasteiger partial charge in [0.25, 0.3) is 0 Å². The van der Waals surface area contributed by atoms with Crippen LogP contribution in [0.15, 0.2) is 22.8 Å². The molecule has 2 rings (SSSR count). The first-order valence-electron chi connectivity index (χ1n) is 9.04. The molecule has 1 saturated carbocycles. The number of aliphatic carboxylic acids is 1. The van der Waals surface area contributed by atoms with Gasteiger partial charge in [0, 0.05) is 11.5 Å². The van der Waals surface area contributed by atoms with Crippen LogP contribution in [-0.4, -0.2) is 26.0 Å². The zero-order valence-corrected chi connectivity index (χ0v) is 17.6. The Balaban J connectivity index is 2.12. The SMILES string of the molecule is CC(C)(C)/C(C(=O)O)=C1/C[C@@H]2CC(CO[Si](C)(C)C(C)(C)C)=C[C@H]12. The molecule has 3 nitrogen and oxygen atoms in total. The highest BCUT2D eigenvalue weighted by Gasteiger charge is 2.44. The van der Waals surface area contributed by atoms with Crippen molar-refractivity contribution in [2.75, 3.05) is 6.61 Å². The van der Waals surface area contributed by atoms with Gasteiger partial charge in [-0.25, -0.2) is 4.79 Å². The van der Waals surface area contributed by atoms with Crippen LogP contribution in [0.2, 0.25) is 18.1 Å². The van der Waals surface area contributed by atoms with Crippen LogP contribution in [0.25, 0.3) is 0 Å². The highest BCUT2D eigenvalue weighted by molar-refractivity contribution is 6.74. The van der Waals surface area contributed by atoms with Crippen molar-refractivity contribution in [2.24, 2.45) is 17.3 Å². The topological polar surface area (TPSA) is 46.5 Å². The summed E-state index contributed by atoms with van der Waals surface area (Å²) in [5.74, 6) is 0.165. The molecule has 0 aromatic rings. The third-order valence-corrected chi connectivity index (χ3v) is 10.5.